The van der Waals surface area contributed by atoms with Crippen molar-refractivity contribution in [2.45, 2.75) is 32.2 Å². The van der Waals surface area contributed by atoms with Crippen molar-refractivity contribution in [2.75, 3.05) is 5.32 Å². The van der Waals surface area contributed by atoms with Crippen molar-refractivity contribution < 1.29 is 9.53 Å². The Morgan fingerprint density at radius 1 is 1.30 bits per heavy atom. The molecule has 3 aromatic rings. The number of nitrogens with two attached hydrogens (primary N) is 1. The number of hydrogen-bond acceptors (Lipinski definition) is 5. The van der Waals surface area contributed by atoms with Crippen molar-refractivity contribution in [3.05, 3.63) is 60.0 Å². The van der Waals surface area contributed by atoms with Gasteiger partial charge in [-0.25, -0.2) is 4.98 Å². The fourth-order valence-electron chi connectivity index (χ4n) is 2.80. The van der Waals surface area contributed by atoms with Gasteiger partial charge in [0.25, 0.3) is 0 Å². The zero-order chi connectivity index (χ0) is 18.8. The topological polar surface area (TPSA) is 95.1 Å². The minimum atomic E-state index is -0.450. The Balaban J connectivity index is 1.50. The van der Waals surface area contributed by atoms with E-state index in [0.29, 0.717) is 23.2 Å². The van der Waals surface area contributed by atoms with Gasteiger partial charge in [0.1, 0.15) is 17.3 Å². The molecule has 1 aliphatic rings. The summed E-state index contributed by atoms with van der Waals surface area (Å²) in [5.41, 5.74) is 7.49. The average Bonchev–Trinajstić information content (AvgIpc) is 3.44. The maximum atomic E-state index is 11.2. The fraction of sp³-hybridized carbons (Fsp3) is 0.250. The van der Waals surface area contributed by atoms with E-state index in [1.54, 1.807) is 30.5 Å². The molecule has 0 saturated heterocycles. The highest BCUT2D eigenvalue weighted by Crippen LogP contribution is 2.37. The molecule has 7 heteroatoms. The first-order valence-corrected chi connectivity index (χ1v) is 9.01. The number of nitrogens with zero attached hydrogens (tertiary/aromatic N) is 3. The number of benzene rings is 1. The van der Waals surface area contributed by atoms with Crippen molar-refractivity contribution in [3.8, 4) is 11.5 Å². The molecule has 0 spiro atoms. The Morgan fingerprint density at radius 3 is 2.74 bits per heavy atom. The lowest BCUT2D eigenvalue weighted by atomic mass is 10.2. The Bertz CT molecular complexity index is 961. The second-order valence-corrected chi connectivity index (χ2v) is 6.55. The molecule has 2 aromatic heterocycles. The fourth-order valence-corrected chi connectivity index (χ4v) is 2.80. The van der Waals surface area contributed by atoms with E-state index in [1.807, 2.05) is 23.0 Å². The molecular weight excluding hydrogens is 342 g/mol. The van der Waals surface area contributed by atoms with Gasteiger partial charge in [0, 0.05) is 23.5 Å². The summed E-state index contributed by atoms with van der Waals surface area (Å²) >= 11 is 0. The lowest BCUT2D eigenvalue weighted by molar-refractivity contribution is 0.100. The quantitative estimate of drug-likeness (QED) is 0.665. The van der Waals surface area contributed by atoms with Crippen LogP contribution in [0.25, 0.3) is 0 Å². The summed E-state index contributed by atoms with van der Waals surface area (Å²) < 4.78 is 8.07. The van der Waals surface area contributed by atoms with Gasteiger partial charge in [-0.05, 0) is 49.6 Å². The summed E-state index contributed by atoms with van der Waals surface area (Å²) in [4.78, 5) is 15.5. The summed E-state index contributed by atoms with van der Waals surface area (Å²) in [6, 6.07) is 11.1. The number of nitrogens with one attached hydrogen (secondary N) is 1. The zero-order valence-corrected chi connectivity index (χ0v) is 15.1. The predicted octanol–water partition coefficient (Wildman–Crippen LogP) is 3.81. The molecule has 2 heterocycles. The Hall–Kier alpha value is -3.35. The number of aryl methyl sites for hydroxylation is 1. The highest BCUT2D eigenvalue weighted by molar-refractivity contribution is 5.93. The largest absolute Gasteiger partial charge is 0.454 e. The van der Waals surface area contributed by atoms with Crippen LogP contribution in [0.15, 0.2) is 48.8 Å². The molecule has 4 rings (SSSR count). The smallest absolute Gasteiger partial charge is 0.248 e. The minimum absolute atomic E-state index is 0.450. The number of amides is 1. The molecule has 1 saturated carbocycles. The third kappa shape index (κ3) is 3.92. The van der Waals surface area contributed by atoms with Gasteiger partial charge in [0.15, 0.2) is 5.75 Å². The number of hydrogen-bond donors (Lipinski definition) is 2. The molecule has 0 aliphatic heterocycles. The number of aromatic nitrogens is 3. The molecule has 1 amide bonds. The zero-order valence-electron chi connectivity index (χ0n) is 15.1. The molecule has 1 aromatic carbocycles. The second kappa shape index (κ2) is 7.11. The van der Waals surface area contributed by atoms with Crippen molar-refractivity contribution in [1.29, 1.82) is 0 Å². The summed E-state index contributed by atoms with van der Waals surface area (Å²) in [6.45, 7) is 2.07. The summed E-state index contributed by atoms with van der Waals surface area (Å²) in [6.07, 6.45) is 6.85. The standard InChI is InChI=1S/C20H21N5O2/c1-2-17-18(12-25(24-17)15-7-8-15)27-16-9-10-22-19(11-16)23-14-5-3-13(4-6-14)20(21)26/h3-6,9-12,15H,2,7-8H2,1H3,(H2,21,26)(H,22,23). The average molecular weight is 363 g/mol. The number of anilines is 2. The summed E-state index contributed by atoms with van der Waals surface area (Å²) in [5.74, 6) is 1.67. The molecule has 27 heavy (non-hydrogen) atoms. The van der Waals surface area contributed by atoms with Crippen molar-refractivity contribution in [2.24, 2.45) is 5.73 Å². The first-order valence-electron chi connectivity index (χ1n) is 9.01. The van der Waals surface area contributed by atoms with Crippen molar-refractivity contribution in [1.82, 2.24) is 14.8 Å². The molecule has 7 nitrogen and oxygen atoms in total. The van der Waals surface area contributed by atoms with E-state index >= 15 is 0 Å². The Kier molecular flexibility index (Phi) is 4.50. The maximum absolute atomic E-state index is 11.2. The van der Waals surface area contributed by atoms with Gasteiger partial charge in [-0.3, -0.25) is 9.48 Å². The molecule has 0 unspecified atom stereocenters. The third-order valence-electron chi connectivity index (χ3n) is 4.43. The number of pyridine rings is 1. The van der Waals surface area contributed by atoms with Crippen LogP contribution < -0.4 is 15.8 Å². The van der Waals surface area contributed by atoms with Gasteiger partial charge in [0.05, 0.1) is 12.2 Å². The van der Waals surface area contributed by atoms with E-state index in [4.69, 9.17) is 10.5 Å². The SMILES string of the molecule is CCc1nn(C2CC2)cc1Oc1ccnc(Nc2ccc(C(N)=O)cc2)c1. The Labute approximate surface area is 157 Å². The minimum Gasteiger partial charge on any atom is -0.454 e. The number of ether oxygens (including phenoxy) is 1. The molecule has 1 aliphatic carbocycles. The van der Waals surface area contributed by atoms with Gasteiger partial charge in [-0.15, -0.1) is 0 Å². The van der Waals surface area contributed by atoms with Gasteiger partial charge in [0.2, 0.25) is 5.91 Å². The third-order valence-corrected chi connectivity index (χ3v) is 4.43. The van der Waals surface area contributed by atoms with Crippen molar-refractivity contribution >= 4 is 17.4 Å². The van der Waals surface area contributed by atoms with E-state index in [2.05, 4.69) is 22.3 Å². The summed E-state index contributed by atoms with van der Waals surface area (Å²) in [7, 11) is 0. The lowest BCUT2D eigenvalue weighted by Crippen LogP contribution is -2.10. The maximum Gasteiger partial charge on any atom is 0.248 e. The van der Waals surface area contributed by atoms with Crippen LogP contribution in [-0.4, -0.2) is 20.7 Å². The van der Waals surface area contributed by atoms with Crippen LogP contribution in [0, 0.1) is 0 Å². The monoisotopic (exact) mass is 363 g/mol. The van der Waals surface area contributed by atoms with Crippen LogP contribution in [0.1, 0.15) is 41.9 Å². The molecule has 1 fully saturated rings. The van der Waals surface area contributed by atoms with Gasteiger partial charge in [-0.1, -0.05) is 6.92 Å². The normalized spacial score (nSPS) is 13.4. The molecule has 0 atom stereocenters. The molecule has 138 valence electrons. The van der Waals surface area contributed by atoms with Gasteiger partial charge < -0.3 is 15.8 Å². The van der Waals surface area contributed by atoms with Crippen LogP contribution in [0.3, 0.4) is 0 Å². The van der Waals surface area contributed by atoms with Crippen LogP contribution in [0.2, 0.25) is 0 Å². The molecule has 0 radical (unpaired) electrons. The number of primary amides is 1. The van der Waals surface area contributed by atoms with Crippen LogP contribution >= 0.6 is 0 Å². The molecule has 3 N–H and O–H groups in total. The first-order chi connectivity index (χ1) is 13.1. The number of carbonyl (C=O) groups excluding carboxylic acids is 1. The van der Waals surface area contributed by atoms with Crippen LogP contribution in [0.4, 0.5) is 11.5 Å². The van der Waals surface area contributed by atoms with E-state index in [0.717, 1.165) is 23.6 Å². The first kappa shape index (κ1) is 17.1. The Morgan fingerprint density at radius 2 is 2.07 bits per heavy atom. The van der Waals surface area contributed by atoms with Crippen molar-refractivity contribution in [3.63, 3.8) is 0 Å². The molecule has 0 bridgehead atoms. The predicted molar refractivity (Wildman–Crippen MR) is 102 cm³/mol. The van der Waals surface area contributed by atoms with Crippen LogP contribution in [-0.2, 0) is 6.42 Å². The van der Waals surface area contributed by atoms with Crippen LogP contribution in [0.5, 0.6) is 11.5 Å². The van der Waals surface area contributed by atoms with E-state index < -0.39 is 5.91 Å². The lowest BCUT2D eigenvalue weighted by Gasteiger charge is -2.09. The van der Waals surface area contributed by atoms with E-state index in [1.165, 1.54) is 12.8 Å². The number of rotatable bonds is 7. The van der Waals surface area contributed by atoms with E-state index in [-0.39, 0.29) is 0 Å². The number of carbonyl (C=O) groups is 1. The van der Waals surface area contributed by atoms with Gasteiger partial charge >= 0.3 is 0 Å². The summed E-state index contributed by atoms with van der Waals surface area (Å²) in [5, 5.41) is 7.82. The highest BCUT2D eigenvalue weighted by Gasteiger charge is 2.26. The second-order valence-electron chi connectivity index (χ2n) is 6.55. The van der Waals surface area contributed by atoms with Gasteiger partial charge in [-0.2, -0.15) is 5.10 Å². The van der Waals surface area contributed by atoms with E-state index in [9.17, 15) is 4.79 Å². The highest BCUT2D eigenvalue weighted by atomic mass is 16.5. The molecular formula is C20H21N5O2.